The fourth-order valence-corrected chi connectivity index (χ4v) is 2.91. The van der Waals surface area contributed by atoms with Crippen LogP contribution in [0.25, 0.3) is 11.4 Å². The van der Waals surface area contributed by atoms with E-state index in [2.05, 4.69) is 26.8 Å². The average Bonchev–Trinajstić information content (AvgIpc) is 3.19. The van der Waals surface area contributed by atoms with E-state index in [4.69, 9.17) is 4.74 Å². The van der Waals surface area contributed by atoms with Gasteiger partial charge in [0.05, 0.1) is 0 Å². The lowest BCUT2D eigenvalue weighted by molar-refractivity contribution is -0.133. The molecular formula is C22H26N4O4. The van der Waals surface area contributed by atoms with Crippen molar-refractivity contribution < 1.29 is 14.1 Å². The van der Waals surface area contributed by atoms with Gasteiger partial charge < -0.3 is 14.5 Å². The van der Waals surface area contributed by atoms with Gasteiger partial charge in [-0.25, -0.2) is 4.79 Å². The van der Waals surface area contributed by atoms with Crippen LogP contribution in [0.15, 0.2) is 63.9 Å². The van der Waals surface area contributed by atoms with Crippen molar-refractivity contribution in [2.75, 3.05) is 40.3 Å². The first-order chi connectivity index (χ1) is 14.5. The van der Waals surface area contributed by atoms with E-state index in [1.807, 2.05) is 42.1 Å². The molecule has 0 saturated heterocycles. The number of hydrogen-bond acceptors (Lipinski definition) is 6. The van der Waals surface area contributed by atoms with Gasteiger partial charge in [-0.3, -0.25) is 14.3 Å². The number of H-pyrrole nitrogens is 1. The molecule has 0 aliphatic rings. The molecule has 30 heavy (non-hydrogen) atoms. The predicted octanol–water partition coefficient (Wildman–Crippen LogP) is 2.04. The zero-order valence-electron chi connectivity index (χ0n) is 17.2. The third-order valence-corrected chi connectivity index (χ3v) is 4.59. The summed E-state index contributed by atoms with van der Waals surface area (Å²) >= 11 is 0. The van der Waals surface area contributed by atoms with E-state index >= 15 is 0 Å². The van der Waals surface area contributed by atoms with Gasteiger partial charge in [-0.05, 0) is 38.2 Å². The van der Waals surface area contributed by atoms with E-state index in [9.17, 15) is 9.59 Å². The van der Waals surface area contributed by atoms with Crippen LogP contribution in [0.3, 0.4) is 0 Å². The minimum atomic E-state index is -0.624. The number of carbonyl (C=O) groups is 1. The molecule has 0 radical (unpaired) electrons. The van der Waals surface area contributed by atoms with Gasteiger partial charge in [0.2, 0.25) is 0 Å². The van der Waals surface area contributed by atoms with Gasteiger partial charge in [0, 0.05) is 25.2 Å². The molecule has 8 heteroatoms. The Hall–Kier alpha value is -3.39. The highest BCUT2D eigenvalue weighted by Gasteiger charge is 2.15. The van der Waals surface area contributed by atoms with Crippen LogP contribution in [0, 0.1) is 0 Å². The van der Waals surface area contributed by atoms with Crippen LogP contribution < -0.4 is 10.5 Å². The van der Waals surface area contributed by atoms with Crippen LogP contribution in [0.4, 0.5) is 0 Å². The lowest BCUT2D eigenvalue weighted by Crippen LogP contribution is -2.40. The van der Waals surface area contributed by atoms with E-state index in [0.717, 1.165) is 13.0 Å². The number of benzene rings is 2. The topological polar surface area (TPSA) is 91.7 Å². The smallest absolute Gasteiger partial charge is 0.439 e. The SMILES string of the molecule is CN(C)CCN(CCc1ccccc1)C(=O)COc1cccc(-c2noc(=O)[nH]2)c1. The summed E-state index contributed by atoms with van der Waals surface area (Å²) in [6, 6.07) is 17.1. The van der Waals surface area contributed by atoms with Gasteiger partial charge in [-0.15, -0.1) is 0 Å². The quantitative estimate of drug-likeness (QED) is 0.550. The highest BCUT2D eigenvalue weighted by atomic mass is 16.5. The molecule has 0 fully saturated rings. The molecule has 1 N–H and O–H groups in total. The van der Waals surface area contributed by atoms with Gasteiger partial charge in [0.1, 0.15) is 5.75 Å². The first-order valence-corrected chi connectivity index (χ1v) is 9.77. The number of rotatable bonds is 10. The van der Waals surface area contributed by atoms with E-state index < -0.39 is 5.76 Å². The molecule has 3 rings (SSSR count). The van der Waals surface area contributed by atoms with Gasteiger partial charge >= 0.3 is 5.76 Å². The fourth-order valence-electron chi connectivity index (χ4n) is 2.91. The number of carbonyl (C=O) groups excluding carboxylic acids is 1. The van der Waals surface area contributed by atoms with E-state index in [1.165, 1.54) is 5.56 Å². The zero-order valence-corrected chi connectivity index (χ0v) is 17.2. The van der Waals surface area contributed by atoms with Crippen molar-refractivity contribution in [2.24, 2.45) is 0 Å². The van der Waals surface area contributed by atoms with E-state index in [1.54, 1.807) is 24.3 Å². The van der Waals surface area contributed by atoms with E-state index in [-0.39, 0.29) is 12.5 Å². The summed E-state index contributed by atoms with van der Waals surface area (Å²) in [5.74, 6) is 0.127. The molecule has 158 valence electrons. The number of aromatic amines is 1. The minimum absolute atomic E-state index is 0.0684. The molecule has 0 spiro atoms. The Morgan fingerprint density at radius 1 is 1.07 bits per heavy atom. The summed E-state index contributed by atoms with van der Waals surface area (Å²) in [6.45, 7) is 1.96. The van der Waals surface area contributed by atoms with E-state index in [0.29, 0.717) is 30.2 Å². The van der Waals surface area contributed by atoms with Crippen molar-refractivity contribution in [3.63, 3.8) is 0 Å². The second-order valence-electron chi connectivity index (χ2n) is 7.18. The Kier molecular flexibility index (Phi) is 7.40. The van der Waals surface area contributed by atoms with Crippen LogP contribution in [-0.2, 0) is 11.2 Å². The molecule has 8 nitrogen and oxygen atoms in total. The number of nitrogens with one attached hydrogen (secondary N) is 1. The molecule has 0 bridgehead atoms. The molecule has 0 atom stereocenters. The van der Waals surface area contributed by atoms with Crippen LogP contribution in [0.5, 0.6) is 5.75 Å². The second-order valence-corrected chi connectivity index (χ2v) is 7.18. The maximum atomic E-state index is 12.8. The zero-order chi connectivity index (χ0) is 21.3. The van der Waals surface area contributed by atoms with Gasteiger partial charge in [0.25, 0.3) is 5.91 Å². The Balaban J connectivity index is 1.61. The number of ether oxygens (including phenoxy) is 1. The second kappa shape index (κ2) is 10.4. The molecule has 1 heterocycles. The summed E-state index contributed by atoms with van der Waals surface area (Å²) < 4.78 is 10.3. The lowest BCUT2D eigenvalue weighted by atomic mass is 10.1. The molecule has 0 aliphatic heterocycles. The van der Waals surface area contributed by atoms with Crippen LogP contribution in [0.1, 0.15) is 5.56 Å². The predicted molar refractivity (Wildman–Crippen MR) is 113 cm³/mol. The first-order valence-electron chi connectivity index (χ1n) is 9.77. The normalized spacial score (nSPS) is 10.9. The maximum Gasteiger partial charge on any atom is 0.439 e. The largest absolute Gasteiger partial charge is 0.484 e. The third kappa shape index (κ3) is 6.31. The number of amides is 1. The fraction of sp³-hybridized carbons (Fsp3) is 0.318. The minimum Gasteiger partial charge on any atom is -0.484 e. The van der Waals surface area contributed by atoms with Crippen LogP contribution in [-0.4, -0.2) is 66.2 Å². The van der Waals surface area contributed by atoms with Crippen molar-refractivity contribution in [2.45, 2.75) is 6.42 Å². The Morgan fingerprint density at radius 3 is 2.57 bits per heavy atom. The van der Waals surface area contributed by atoms with Crippen molar-refractivity contribution in [1.82, 2.24) is 19.9 Å². The van der Waals surface area contributed by atoms with Crippen molar-refractivity contribution >= 4 is 5.91 Å². The van der Waals surface area contributed by atoms with Crippen LogP contribution in [0.2, 0.25) is 0 Å². The summed E-state index contributed by atoms with van der Waals surface area (Å²) in [5, 5.41) is 3.67. The summed E-state index contributed by atoms with van der Waals surface area (Å²) in [5.41, 5.74) is 1.83. The summed E-state index contributed by atoms with van der Waals surface area (Å²) in [7, 11) is 3.96. The number of aromatic nitrogens is 2. The van der Waals surface area contributed by atoms with Crippen LogP contribution >= 0.6 is 0 Å². The maximum absolute atomic E-state index is 12.8. The molecule has 0 aliphatic carbocycles. The van der Waals surface area contributed by atoms with Gasteiger partial charge in [-0.1, -0.05) is 47.6 Å². The third-order valence-electron chi connectivity index (χ3n) is 4.59. The number of hydrogen-bond donors (Lipinski definition) is 1. The van der Waals surface area contributed by atoms with Gasteiger partial charge in [0.15, 0.2) is 12.4 Å². The van der Waals surface area contributed by atoms with Crippen molar-refractivity contribution in [3.05, 3.63) is 70.7 Å². The highest BCUT2D eigenvalue weighted by molar-refractivity contribution is 5.77. The number of likely N-dealkylation sites (N-methyl/N-ethyl adjacent to an activating group) is 1. The summed E-state index contributed by atoms with van der Waals surface area (Å²) in [6.07, 6.45) is 0.787. The monoisotopic (exact) mass is 410 g/mol. The lowest BCUT2D eigenvalue weighted by Gasteiger charge is -2.24. The van der Waals surface area contributed by atoms with Crippen molar-refractivity contribution in [3.8, 4) is 17.1 Å². The molecule has 2 aromatic carbocycles. The molecule has 3 aromatic rings. The van der Waals surface area contributed by atoms with Gasteiger partial charge in [-0.2, -0.15) is 0 Å². The molecule has 1 amide bonds. The summed E-state index contributed by atoms with van der Waals surface area (Å²) in [4.78, 5) is 30.3. The standard InChI is InChI=1S/C22H26N4O4/c1-25(2)13-14-26(12-11-17-7-4-3-5-8-17)20(27)16-29-19-10-6-9-18(15-19)21-23-22(28)30-24-21/h3-10,15H,11-14,16H2,1-2H3,(H,23,24,28). The highest BCUT2D eigenvalue weighted by Crippen LogP contribution is 2.20. The Labute approximate surface area is 175 Å². The molecular weight excluding hydrogens is 384 g/mol. The molecule has 0 unspecified atom stereocenters. The molecule has 1 aromatic heterocycles. The number of nitrogens with zero attached hydrogens (tertiary/aromatic N) is 3. The van der Waals surface area contributed by atoms with Crippen molar-refractivity contribution in [1.29, 1.82) is 0 Å². The first kappa shape index (κ1) is 21.3. The Bertz CT molecular complexity index is 997. The molecule has 0 saturated carbocycles. The average molecular weight is 410 g/mol. The Morgan fingerprint density at radius 2 is 1.87 bits per heavy atom.